The van der Waals surface area contributed by atoms with Crippen molar-refractivity contribution in [2.75, 3.05) is 26.2 Å². The Morgan fingerprint density at radius 1 is 0.862 bits per heavy atom. The zero-order chi connectivity index (χ0) is 20.2. The van der Waals surface area contributed by atoms with Crippen molar-refractivity contribution in [2.45, 2.75) is 40.3 Å². The van der Waals surface area contributed by atoms with Crippen LogP contribution in [0.15, 0.2) is 33.3 Å². The molecule has 0 amide bonds. The predicted octanol–water partition coefficient (Wildman–Crippen LogP) is 2.94. The fraction of sp³-hybridized carbons (Fsp3) is 0.524. The molecule has 0 bridgehead atoms. The van der Waals surface area contributed by atoms with Gasteiger partial charge in [-0.25, -0.2) is 0 Å². The lowest BCUT2D eigenvalue weighted by Gasteiger charge is -2.32. The molecule has 0 spiro atoms. The van der Waals surface area contributed by atoms with Crippen LogP contribution in [0.25, 0.3) is 11.4 Å². The molecule has 4 rings (SSSR count). The number of nitrogens with zero attached hydrogens (tertiary/aromatic N) is 6. The Bertz CT molecular complexity index is 909. The minimum Gasteiger partial charge on any atom is -0.338 e. The molecule has 1 aliphatic rings. The first-order chi connectivity index (χ1) is 14.0. The number of benzene rings is 1. The first kappa shape index (κ1) is 19.7. The Morgan fingerprint density at radius 2 is 1.45 bits per heavy atom. The lowest BCUT2D eigenvalue weighted by atomic mass is 10.1. The van der Waals surface area contributed by atoms with Gasteiger partial charge in [0.25, 0.3) is 0 Å². The van der Waals surface area contributed by atoms with Crippen LogP contribution in [-0.4, -0.2) is 56.3 Å². The van der Waals surface area contributed by atoms with Crippen LogP contribution in [0.1, 0.15) is 37.0 Å². The summed E-state index contributed by atoms with van der Waals surface area (Å²) in [7, 11) is 0. The average Bonchev–Trinajstić information content (AvgIpc) is 3.33. The fourth-order valence-electron chi connectivity index (χ4n) is 3.43. The molecule has 0 radical (unpaired) electrons. The minimum atomic E-state index is 0.528. The summed E-state index contributed by atoms with van der Waals surface area (Å²) in [6.45, 7) is 11.5. The van der Waals surface area contributed by atoms with E-state index >= 15 is 0 Å². The summed E-state index contributed by atoms with van der Waals surface area (Å²) in [5.74, 6) is 3.33. The van der Waals surface area contributed by atoms with Crippen molar-refractivity contribution in [3.05, 3.63) is 47.4 Å². The molecule has 29 heavy (non-hydrogen) atoms. The van der Waals surface area contributed by atoms with Gasteiger partial charge >= 0.3 is 0 Å². The molecule has 1 saturated heterocycles. The van der Waals surface area contributed by atoms with E-state index in [-0.39, 0.29) is 0 Å². The lowest BCUT2D eigenvalue weighted by Crippen LogP contribution is -2.45. The van der Waals surface area contributed by atoms with Gasteiger partial charge in [-0.15, -0.1) is 0 Å². The van der Waals surface area contributed by atoms with Gasteiger partial charge in [-0.3, -0.25) is 9.80 Å². The summed E-state index contributed by atoms with van der Waals surface area (Å²) in [6, 6.07) is 8.15. The number of aryl methyl sites for hydroxylation is 1. The van der Waals surface area contributed by atoms with E-state index in [1.807, 2.05) is 12.1 Å². The topological polar surface area (TPSA) is 84.3 Å². The molecular weight excluding hydrogens is 368 g/mol. The molecule has 0 N–H and O–H groups in total. The largest absolute Gasteiger partial charge is 0.338 e. The number of aromatic nitrogens is 4. The van der Waals surface area contributed by atoms with E-state index in [1.54, 1.807) is 0 Å². The van der Waals surface area contributed by atoms with Crippen molar-refractivity contribution in [1.29, 1.82) is 0 Å². The molecule has 0 saturated carbocycles. The zero-order valence-corrected chi connectivity index (χ0v) is 17.3. The highest BCUT2D eigenvalue weighted by Crippen LogP contribution is 2.17. The molecule has 0 atom stereocenters. The van der Waals surface area contributed by atoms with Crippen LogP contribution in [0.2, 0.25) is 0 Å². The van der Waals surface area contributed by atoms with Crippen LogP contribution < -0.4 is 0 Å². The molecule has 1 fully saturated rings. The van der Waals surface area contributed by atoms with Gasteiger partial charge in [0.15, 0.2) is 5.82 Å². The summed E-state index contributed by atoms with van der Waals surface area (Å²) < 4.78 is 10.9. The second kappa shape index (κ2) is 8.84. The molecule has 0 unspecified atom stereocenters. The number of hydrogen-bond donors (Lipinski definition) is 0. The molecule has 8 heteroatoms. The summed E-state index contributed by atoms with van der Waals surface area (Å²) in [5, 5.41) is 8.20. The zero-order valence-electron chi connectivity index (χ0n) is 17.3. The van der Waals surface area contributed by atoms with Crippen molar-refractivity contribution in [1.82, 2.24) is 30.1 Å². The summed E-state index contributed by atoms with van der Waals surface area (Å²) in [5.41, 5.74) is 2.19. The van der Waals surface area contributed by atoms with E-state index in [9.17, 15) is 0 Å². The van der Waals surface area contributed by atoms with Crippen molar-refractivity contribution >= 4 is 0 Å². The van der Waals surface area contributed by atoms with Crippen molar-refractivity contribution in [3.63, 3.8) is 0 Å². The third-order valence-electron chi connectivity index (χ3n) is 5.06. The van der Waals surface area contributed by atoms with Gasteiger partial charge in [-0.1, -0.05) is 54.0 Å². The molecule has 1 aliphatic heterocycles. The molecular formula is C21H28N6O2. The smallest absolute Gasteiger partial charge is 0.241 e. The Kier molecular flexibility index (Phi) is 6.01. The summed E-state index contributed by atoms with van der Waals surface area (Å²) in [6.07, 6.45) is 0.853. The molecule has 2 aromatic heterocycles. The average molecular weight is 396 g/mol. The highest BCUT2D eigenvalue weighted by atomic mass is 16.5. The molecule has 1 aromatic carbocycles. The second-order valence-corrected chi connectivity index (χ2v) is 8.13. The van der Waals surface area contributed by atoms with Crippen LogP contribution in [-0.2, 0) is 19.5 Å². The van der Waals surface area contributed by atoms with Gasteiger partial charge in [-0.2, -0.15) is 9.97 Å². The minimum absolute atomic E-state index is 0.528. The maximum Gasteiger partial charge on any atom is 0.241 e. The van der Waals surface area contributed by atoms with Crippen LogP contribution in [0.4, 0.5) is 0 Å². The highest BCUT2D eigenvalue weighted by Gasteiger charge is 2.21. The van der Waals surface area contributed by atoms with E-state index in [1.165, 1.54) is 5.56 Å². The van der Waals surface area contributed by atoms with Crippen LogP contribution in [0.3, 0.4) is 0 Å². The molecule has 8 nitrogen and oxygen atoms in total. The first-order valence-electron chi connectivity index (χ1n) is 10.2. The van der Waals surface area contributed by atoms with Crippen LogP contribution >= 0.6 is 0 Å². The third-order valence-corrected chi connectivity index (χ3v) is 5.06. The molecule has 154 valence electrons. The first-order valence-corrected chi connectivity index (χ1v) is 10.2. The Morgan fingerprint density at radius 3 is 2.07 bits per heavy atom. The van der Waals surface area contributed by atoms with Gasteiger partial charge in [0.1, 0.15) is 0 Å². The quantitative estimate of drug-likeness (QED) is 0.603. The Hall–Kier alpha value is -2.58. The van der Waals surface area contributed by atoms with E-state index in [2.05, 4.69) is 63.0 Å². The summed E-state index contributed by atoms with van der Waals surface area (Å²) in [4.78, 5) is 13.7. The maximum absolute atomic E-state index is 5.46. The van der Waals surface area contributed by atoms with E-state index in [0.29, 0.717) is 36.6 Å². The Labute approximate surface area is 170 Å². The third kappa shape index (κ3) is 5.27. The van der Waals surface area contributed by atoms with Crippen LogP contribution in [0.5, 0.6) is 0 Å². The normalized spacial score (nSPS) is 16.0. The maximum atomic E-state index is 5.46. The fourth-order valence-corrected chi connectivity index (χ4v) is 3.43. The van der Waals surface area contributed by atoms with E-state index in [0.717, 1.165) is 44.0 Å². The van der Waals surface area contributed by atoms with Crippen molar-refractivity contribution in [2.24, 2.45) is 5.92 Å². The van der Waals surface area contributed by atoms with Gasteiger partial charge in [0.05, 0.1) is 13.1 Å². The van der Waals surface area contributed by atoms with Crippen molar-refractivity contribution < 1.29 is 9.05 Å². The SMILES string of the molecule is Cc1ccc(-c2noc(CN3CCN(Cc4nc(CC(C)C)no4)CC3)n2)cc1. The molecule has 3 aromatic rings. The predicted molar refractivity (Wildman–Crippen MR) is 108 cm³/mol. The van der Waals surface area contributed by atoms with Gasteiger partial charge in [-0.05, 0) is 12.8 Å². The number of hydrogen-bond acceptors (Lipinski definition) is 8. The Balaban J connectivity index is 1.26. The van der Waals surface area contributed by atoms with Crippen molar-refractivity contribution in [3.8, 4) is 11.4 Å². The van der Waals surface area contributed by atoms with Crippen LogP contribution in [0, 0.1) is 12.8 Å². The lowest BCUT2D eigenvalue weighted by molar-refractivity contribution is 0.103. The van der Waals surface area contributed by atoms with E-state index < -0.39 is 0 Å². The molecule has 3 heterocycles. The number of rotatable bonds is 7. The van der Waals surface area contributed by atoms with Gasteiger partial charge in [0.2, 0.25) is 17.6 Å². The number of piperazine rings is 1. The monoisotopic (exact) mass is 396 g/mol. The van der Waals surface area contributed by atoms with E-state index in [4.69, 9.17) is 9.05 Å². The summed E-state index contributed by atoms with van der Waals surface area (Å²) >= 11 is 0. The molecule has 0 aliphatic carbocycles. The highest BCUT2D eigenvalue weighted by molar-refractivity contribution is 5.54. The van der Waals surface area contributed by atoms with Gasteiger partial charge < -0.3 is 9.05 Å². The van der Waals surface area contributed by atoms with Gasteiger partial charge in [0, 0.05) is 38.2 Å². The standard InChI is InChI=1S/C21H28N6O2/c1-15(2)12-18-22-19(28-24-18)13-26-8-10-27(11-9-26)14-20-23-21(25-29-20)17-6-4-16(3)5-7-17/h4-7,15H,8-14H2,1-3H3. The second-order valence-electron chi connectivity index (χ2n) is 8.13.